The number of nitrogens with two attached hydrogens (primary N) is 1. The van der Waals surface area contributed by atoms with Crippen LogP contribution in [0.4, 0.5) is 36.4 Å². The Hall–Kier alpha value is -2.77. The Balaban J connectivity index is 1.84. The molecule has 0 amide bonds. The average molecular weight is 526 g/mol. The van der Waals surface area contributed by atoms with Gasteiger partial charge in [0.05, 0.1) is 12.5 Å². The van der Waals surface area contributed by atoms with Crippen LogP contribution in [0.5, 0.6) is 5.75 Å². The fourth-order valence-electron chi connectivity index (χ4n) is 5.19. The van der Waals surface area contributed by atoms with Crippen molar-refractivity contribution in [3.8, 4) is 5.75 Å². The number of benzene rings is 1. The van der Waals surface area contributed by atoms with Crippen LogP contribution in [0.2, 0.25) is 0 Å². The second-order valence-electron chi connectivity index (χ2n) is 9.44. The molecule has 0 bridgehead atoms. The predicted octanol–water partition coefficient (Wildman–Crippen LogP) is 3.62. The Morgan fingerprint density at radius 3 is 2.17 bits per heavy atom. The number of anilines is 1. The highest BCUT2D eigenvalue weighted by atomic mass is 19.4. The highest BCUT2D eigenvalue weighted by molar-refractivity contribution is 5.93. The van der Waals surface area contributed by atoms with Crippen LogP contribution in [0.3, 0.4) is 0 Å². The first-order valence-electron chi connectivity index (χ1n) is 11.3. The molecule has 2 unspecified atom stereocenters. The Labute approximate surface area is 200 Å². The quantitative estimate of drug-likeness (QED) is 0.561. The zero-order valence-electron chi connectivity index (χ0n) is 19.4. The summed E-state index contributed by atoms with van der Waals surface area (Å²) in [5.74, 6) is -6.57. The van der Waals surface area contributed by atoms with Gasteiger partial charge in [0.1, 0.15) is 11.2 Å². The number of aryl methyl sites for hydroxylation is 1. The maximum Gasteiger partial charge on any atom is 0.400 e. The number of ether oxygens (including phenoxy) is 1. The Morgan fingerprint density at radius 2 is 1.67 bits per heavy atom. The van der Waals surface area contributed by atoms with Gasteiger partial charge >= 0.3 is 18.0 Å². The van der Waals surface area contributed by atoms with Crippen LogP contribution in [0.15, 0.2) is 9.59 Å². The summed E-state index contributed by atoms with van der Waals surface area (Å²) in [7, 11) is 1.19. The number of alkyl halides is 6. The van der Waals surface area contributed by atoms with Gasteiger partial charge in [0.2, 0.25) is 0 Å². The summed E-state index contributed by atoms with van der Waals surface area (Å²) in [6, 6.07) is -0.258. The van der Waals surface area contributed by atoms with Crippen LogP contribution in [0, 0.1) is 30.5 Å². The van der Waals surface area contributed by atoms with Crippen molar-refractivity contribution < 1.29 is 35.5 Å². The third-order valence-electron chi connectivity index (χ3n) is 7.13. The first-order valence-corrected chi connectivity index (χ1v) is 11.3. The number of halogens is 7. The monoisotopic (exact) mass is 526 g/mol. The maximum absolute atomic E-state index is 15.7. The third kappa shape index (κ3) is 4.43. The van der Waals surface area contributed by atoms with Crippen molar-refractivity contribution in [1.29, 1.82) is 0 Å². The molecule has 1 aliphatic carbocycles. The molecule has 2 atom stereocenters. The number of aromatic nitrogens is 2. The van der Waals surface area contributed by atoms with Crippen molar-refractivity contribution in [2.45, 2.75) is 44.6 Å². The van der Waals surface area contributed by atoms with E-state index in [9.17, 15) is 35.9 Å². The number of rotatable bonds is 6. The molecular formula is C22H25F7N4O3. The van der Waals surface area contributed by atoms with Crippen LogP contribution in [0.25, 0.3) is 10.9 Å². The molecule has 1 aromatic heterocycles. The Kier molecular flexibility index (Phi) is 6.55. The molecule has 1 aliphatic heterocycles. The molecular weight excluding hydrogens is 501 g/mol. The molecule has 2 aliphatic rings. The number of H-pyrrole nitrogens is 1. The minimum absolute atomic E-state index is 0.0406. The molecule has 200 valence electrons. The molecule has 4 rings (SSSR count). The van der Waals surface area contributed by atoms with Crippen molar-refractivity contribution in [2.24, 2.45) is 23.5 Å². The zero-order valence-corrected chi connectivity index (χ0v) is 19.4. The molecule has 1 saturated carbocycles. The maximum atomic E-state index is 15.7. The molecule has 14 heteroatoms. The summed E-state index contributed by atoms with van der Waals surface area (Å²) >= 11 is 0. The van der Waals surface area contributed by atoms with E-state index >= 15 is 4.39 Å². The van der Waals surface area contributed by atoms with E-state index in [1.807, 2.05) is 0 Å². The van der Waals surface area contributed by atoms with E-state index in [0.29, 0.717) is 12.8 Å². The summed E-state index contributed by atoms with van der Waals surface area (Å²) in [6.45, 7) is 0.625. The highest BCUT2D eigenvalue weighted by Crippen LogP contribution is 2.48. The lowest BCUT2D eigenvalue weighted by Gasteiger charge is -2.27. The Bertz CT molecular complexity index is 1270. The number of hydrogen-bond acceptors (Lipinski definition) is 5. The van der Waals surface area contributed by atoms with Crippen LogP contribution in [-0.2, 0) is 0 Å². The SMILES string of the molecule is COc1c(N2CC(CN)C(CC(C(F)(F)F)C(F)(F)F)C2)c(F)c(C)c2c(=O)[nH]c(=O)n(C3CC3)c12. The number of nitrogens with zero attached hydrogens (tertiary/aromatic N) is 2. The van der Waals surface area contributed by atoms with Crippen molar-refractivity contribution in [1.82, 2.24) is 9.55 Å². The standard InChI is InChI=1S/C22H25F7N4O3/c1-9-14-16(33(12-3-4-12)20(35)31-19(14)34)18(36-2)17(15(9)23)32-7-10(11(6-30)8-32)5-13(21(24,25)26)22(27,28)29/h10-13H,3-8,30H2,1-2H3,(H,31,34,35). The molecule has 2 aromatic rings. The highest BCUT2D eigenvalue weighted by Gasteiger charge is 2.58. The fraction of sp³-hybridized carbons (Fsp3) is 0.636. The number of hydrogen-bond donors (Lipinski definition) is 2. The molecule has 7 nitrogen and oxygen atoms in total. The van der Waals surface area contributed by atoms with E-state index in [0.717, 1.165) is 0 Å². The molecule has 1 aromatic carbocycles. The van der Waals surface area contributed by atoms with Crippen LogP contribution in [0.1, 0.15) is 30.9 Å². The Morgan fingerprint density at radius 1 is 1.08 bits per heavy atom. The third-order valence-corrected chi connectivity index (χ3v) is 7.13. The second kappa shape index (κ2) is 8.96. The van der Waals surface area contributed by atoms with Gasteiger partial charge in [0, 0.05) is 24.7 Å². The normalized spacial score (nSPS) is 21.1. The topological polar surface area (TPSA) is 93.3 Å². The van der Waals surface area contributed by atoms with Crippen LogP contribution < -0.4 is 26.6 Å². The lowest BCUT2D eigenvalue weighted by atomic mass is 9.86. The summed E-state index contributed by atoms with van der Waals surface area (Å²) in [4.78, 5) is 28.7. The number of methoxy groups -OCH3 is 1. The van der Waals surface area contributed by atoms with Crippen molar-refractivity contribution in [2.75, 3.05) is 31.6 Å². The minimum Gasteiger partial charge on any atom is -0.492 e. The molecule has 1 saturated heterocycles. The lowest BCUT2D eigenvalue weighted by Crippen LogP contribution is -2.39. The fourth-order valence-corrected chi connectivity index (χ4v) is 5.19. The van der Waals surface area contributed by atoms with Gasteiger partial charge in [-0.2, -0.15) is 26.3 Å². The van der Waals surface area contributed by atoms with E-state index in [1.54, 1.807) is 0 Å². The van der Waals surface area contributed by atoms with Gasteiger partial charge in [-0.1, -0.05) is 0 Å². The molecule has 3 N–H and O–H groups in total. The molecule has 36 heavy (non-hydrogen) atoms. The summed E-state index contributed by atoms with van der Waals surface area (Å²) in [5.41, 5.74) is 3.85. The smallest absolute Gasteiger partial charge is 0.400 e. The zero-order chi connectivity index (χ0) is 26.7. The first kappa shape index (κ1) is 26.3. The van der Waals surface area contributed by atoms with E-state index in [-0.39, 0.29) is 53.6 Å². The van der Waals surface area contributed by atoms with Gasteiger partial charge in [-0.25, -0.2) is 9.18 Å². The van der Waals surface area contributed by atoms with E-state index in [1.165, 1.54) is 23.5 Å². The van der Waals surface area contributed by atoms with Gasteiger partial charge in [-0.05, 0) is 44.6 Å². The van der Waals surface area contributed by atoms with Crippen molar-refractivity contribution in [3.63, 3.8) is 0 Å². The lowest BCUT2D eigenvalue weighted by molar-refractivity contribution is -0.288. The largest absolute Gasteiger partial charge is 0.492 e. The molecule has 2 fully saturated rings. The molecule has 0 spiro atoms. The average Bonchev–Trinajstić information content (AvgIpc) is 3.51. The van der Waals surface area contributed by atoms with Gasteiger partial charge in [0.25, 0.3) is 5.56 Å². The van der Waals surface area contributed by atoms with Crippen molar-refractivity contribution >= 4 is 16.6 Å². The van der Waals surface area contributed by atoms with E-state index in [2.05, 4.69) is 4.98 Å². The van der Waals surface area contributed by atoms with Crippen LogP contribution in [-0.4, -0.2) is 48.6 Å². The van der Waals surface area contributed by atoms with Gasteiger partial charge in [-0.15, -0.1) is 0 Å². The summed E-state index contributed by atoms with van der Waals surface area (Å²) in [5, 5.41) is -0.111. The van der Waals surface area contributed by atoms with Crippen LogP contribution >= 0.6 is 0 Å². The number of nitrogens with one attached hydrogen (secondary N) is 1. The number of aromatic amines is 1. The van der Waals surface area contributed by atoms with Gasteiger partial charge < -0.3 is 15.4 Å². The van der Waals surface area contributed by atoms with Gasteiger partial charge in [-0.3, -0.25) is 14.3 Å². The van der Waals surface area contributed by atoms with Gasteiger partial charge in [0.15, 0.2) is 17.5 Å². The predicted molar refractivity (Wildman–Crippen MR) is 117 cm³/mol. The van der Waals surface area contributed by atoms with Crippen molar-refractivity contribution in [3.05, 3.63) is 32.2 Å². The first-order chi connectivity index (χ1) is 16.7. The number of fused-ring (bicyclic) bond motifs is 1. The van der Waals surface area contributed by atoms with E-state index in [4.69, 9.17) is 10.5 Å². The second-order valence-corrected chi connectivity index (χ2v) is 9.44. The molecule has 0 radical (unpaired) electrons. The summed E-state index contributed by atoms with van der Waals surface area (Å²) < 4.78 is 102. The van der Waals surface area contributed by atoms with E-state index < -0.39 is 53.6 Å². The minimum atomic E-state index is -5.51. The summed E-state index contributed by atoms with van der Waals surface area (Å²) in [6.07, 6.45) is -11.0. The molecule has 2 heterocycles.